The molecule has 6 nitrogen and oxygen atoms in total. The van der Waals surface area contributed by atoms with E-state index in [0.29, 0.717) is 28.7 Å². The quantitative estimate of drug-likeness (QED) is 0.780. The number of benzene rings is 1. The van der Waals surface area contributed by atoms with Crippen LogP contribution in [0.25, 0.3) is 0 Å². The van der Waals surface area contributed by atoms with Gasteiger partial charge in [-0.2, -0.15) is 0 Å². The Bertz CT molecular complexity index is 707. The second kappa shape index (κ2) is 8.14. The van der Waals surface area contributed by atoms with E-state index in [0.717, 1.165) is 6.42 Å². The summed E-state index contributed by atoms with van der Waals surface area (Å²) in [6.45, 7) is 1.28. The molecular weight excluding hydrogens is 348 g/mol. The molecule has 1 aliphatic heterocycles. The number of para-hydroxylation sites is 1. The van der Waals surface area contributed by atoms with Crippen LogP contribution in [0, 0.1) is 0 Å². The molecule has 0 saturated carbocycles. The van der Waals surface area contributed by atoms with Crippen molar-refractivity contribution in [2.24, 2.45) is 5.73 Å². The van der Waals surface area contributed by atoms with Crippen molar-refractivity contribution in [2.45, 2.75) is 12.5 Å². The average molecular weight is 367 g/mol. The third-order valence-corrected chi connectivity index (χ3v) is 4.59. The number of nitrogens with one attached hydrogen (secondary N) is 2. The number of likely N-dealkylation sites (tertiary alicyclic amines) is 1. The highest BCUT2D eigenvalue weighted by molar-refractivity contribution is 7.18. The number of carbonyl (C=O) groups is 2. The summed E-state index contributed by atoms with van der Waals surface area (Å²) in [6, 6.07) is 12.4. The molecule has 24 heavy (non-hydrogen) atoms. The largest absolute Gasteiger partial charge is 0.336 e. The molecule has 1 aliphatic rings. The summed E-state index contributed by atoms with van der Waals surface area (Å²) in [4.78, 5) is 26.6. The van der Waals surface area contributed by atoms with Gasteiger partial charge in [0.2, 0.25) is 0 Å². The molecule has 128 valence electrons. The van der Waals surface area contributed by atoms with Gasteiger partial charge >= 0.3 is 6.03 Å². The molecule has 1 saturated heterocycles. The monoisotopic (exact) mass is 366 g/mol. The smallest absolute Gasteiger partial charge is 0.324 e. The van der Waals surface area contributed by atoms with Gasteiger partial charge in [-0.05, 0) is 30.7 Å². The Morgan fingerprint density at radius 3 is 2.54 bits per heavy atom. The Morgan fingerprint density at radius 2 is 1.88 bits per heavy atom. The van der Waals surface area contributed by atoms with Crippen LogP contribution < -0.4 is 16.4 Å². The number of carbonyl (C=O) groups excluding carboxylic acids is 2. The summed E-state index contributed by atoms with van der Waals surface area (Å²) in [5.74, 6) is -0.0283. The van der Waals surface area contributed by atoms with Gasteiger partial charge in [0.15, 0.2) is 0 Å². The first-order chi connectivity index (χ1) is 11.1. The maximum absolute atomic E-state index is 12.3. The van der Waals surface area contributed by atoms with E-state index >= 15 is 0 Å². The highest BCUT2D eigenvalue weighted by Crippen LogP contribution is 2.24. The van der Waals surface area contributed by atoms with Crippen molar-refractivity contribution in [3.05, 3.63) is 47.3 Å². The Morgan fingerprint density at radius 1 is 1.12 bits per heavy atom. The van der Waals surface area contributed by atoms with Crippen LogP contribution in [0.4, 0.5) is 15.5 Å². The standard InChI is InChI=1S/C16H18N4O2S.ClH/c17-11-8-9-20(10-11)15(21)13-6-7-14(23-13)19-16(22)18-12-4-2-1-3-5-12;/h1-7,11H,8-10,17H2,(H2,18,19,22);1H/t11-;/m1./s1. The van der Waals surface area contributed by atoms with Crippen LogP contribution in [0.15, 0.2) is 42.5 Å². The Kier molecular flexibility index (Phi) is 6.19. The van der Waals surface area contributed by atoms with E-state index in [9.17, 15) is 9.59 Å². The maximum Gasteiger partial charge on any atom is 0.324 e. The fraction of sp³-hybridized carbons (Fsp3) is 0.250. The molecule has 0 aliphatic carbocycles. The molecule has 4 N–H and O–H groups in total. The molecule has 0 spiro atoms. The van der Waals surface area contributed by atoms with Crippen LogP contribution in [-0.4, -0.2) is 36.0 Å². The summed E-state index contributed by atoms with van der Waals surface area (Å²) in [5, 5.41) is 6.10. The third kappa shape index (κ3) is 4.47. The van der Waals surface area contributed by atoms with Gasteiger partial charge in [-0.1, -0.05) is 18.2 Å². The second-order valence-electron chi connectivity index (χ2n) is 5.41. The van der Waals surface area contributed by atoms with Crippen molar-refractivity contribution in [3.63, 3.8) is 0 Å². The Labute approximate surface area is 150 Å². The van der Waals surface area contributed by atoms with Crippen molar-refractivity contribution in [2.75, 3.05) is 23.7 Å². The van der Waals surface area contributed by atoms with Gasteiger partial charge in [-0.15, -0.1) is 23.7 Å². The molecule has 1 fully saturated rings. The molecule has 0 radical (unpaired) electrons. The lowest BCUT2D eigenvalue weighted by Gasteiger charge is -2.14. The number of hydrogen-bond acceptors (Lipinski definition) is 4. The number of halogens is 1. The lowest BCUT2D eigenvalue weighted by molar-refractivity contribution is 0.0795. The van der Waals surface area contributed by atoms with Gasteiger partial charge in [0.1, 0.15) is 0 Å². The molecule has 3 rings (SSSR count). The summed E-state index contributed by atoms with van der Waals surface area (Å²) in [7, 11) is 0. The van der Waals surface area contributed by atoms with E-state index in [4.69, 9.17) is 5.73 Å². The number of nitrogens with zero attached hydrogens (tertiary/aromatic N) is 1. The third-order valence-electron chi connectivity index (χ3n) is 3.60. The molecule has 1 atom stereocenters. The number of thiophene rings is 1. The number of rotatable bonds is 3. The molecule has 0 bridgehead atoms. The highest BCUT2D eigenvalue weighted by Gasteiger charge is 2.25. The van der Waals surface area contributed by atoms with E-state index in [1.165, 1.54) is 11.3 Å². The van der Waals surface area contributed by atoms with Crippen LogP contribution >= 0.6 is 23.7 Å². The van der Waals surface area contributed by atoms with Crippen molar-refractivity contribution < 1.29 is 9.59 Å². The molecule has 2 aromatic rings. The molecule has 0 unspecified atom stereocenters. The molecule has 8 heteroatoms. The predicted molar refractivity (Wildman–Crippen MR) is 99.1 cm³/mol. The molecular formula is C16H19ClN4O2S. The fourth-order valence-corrected chi connectivity index (χ4v) is 3.31. The number of nitrogens with two attached hydrogens (primary N) is 1. The zero-order valence-corrected chi connectivity index (χ0v) is 14.5. The van der Waals surface area contributed by atoms with E-state index in [-0.39, 0.29) is 30.4 Å². The average Bonchev–Trinajstić information content (AvgIpc) is 3.17. The normalized spacial score (nSPS) is 16.4. The van der Waals surface area contributed by atoms with Crippen LogP contribution in [0.3, 0.4) is 0 Å². The molecule has 1 aromatic carbocycles. The second-order valence-corrected chi connectivity index (χ2v) is 6.49. The topological polar surface area (TPSA) is 87.5 Å². The van der Waals surface area contributed by atoms with Gasteiger partial charge in [-0.3, -0.25) is 10.1 Å². The van der Waals surface area contributed by atoms with Gasteiger partial charge in [-0.25, -0.2) is 4.79 Å². The van der Waals surface area contributed by atoms with Crippen molar-refractivity contribution in [3.8, 4) is 0 Å². The maximum atomic E-state index is 12.3. The number of anilines is 2. The van der Waals surface area contributed by atoms with E-state index in [1.54, 1.807) is 29.2 Å². The summed E-state index contributed by atoms with van der Waals surface area (Å²) in [5.41, 5.74) is 6.54. The minimum Gasteiger partial charge on any atom is -0.336 e. The van der Waals surface area contributed by atoms with Crippen LogP contribution in [-0.2, 0) is 0 Å². The predicted octanol–water partition coefficient (Wildman–Crippen LogP) is 2.99. The van der Waals surface area contributed by atoms with Crippen LogP contribution in [0.5, 0.6) is 0 Å². The number of urea groups is 1. The summed E-state index contributed by atoms with van der Waals surface area (Å²) in [6.07, 6.45) is 0.835. The van der Waals surface area contributed by atoms with Crippen molar-refractivity contribution in [1.82, 2.24) is 4.90 Å². The number of hydrogen-bond donors (Lipinski definition) is 3. The first-order valence-electron chi connectivity index (χ1n) is 7.39. The minimum atomic E-state index is -0.333. The molecule has 3 amide bonds. The minimum absolute atomic E-state index is 0. The lowest BCUT2D eigenvalue weighted by atomic mass is 10.3. The Balaban J connectivity index is 0.00000208. The fourth-order valence-electron chi connectivity index (χ4n) is 2.44. The SMILES string of the molecule is Cl.N[C@@H]1CCN(C(=O)c2ccc(NC(=O)Nc3ccccc3)s2)C1. The van der Waals surface area contributed by atoms with Gasteiger partial charge in [0.25, 0.3) is 5.91 Å². The van der Waals surface area contributed by atoms with Crippen LogP contribution in [0.1, 0.15) is 16.1 Å². The van der Waals surface area contributed by atoms with Gasteiger partial charge in [0.05, 0.1) is 9.88 Å². The van der Waals surface area contributed by atoms with E-state index < -0.39 is 0 Å². The van der Waals surface area contributed by atoms with Crippen LogP contribution in [0.2, 0.25) is 0 Å². The number of amides is 3. The highest BCUT2D eigenvalue weighted by atomic mass is 35.5. The molecule has 1 aromatic heterocycles. The van der Waals surface area contributed by atoms with Gasteiger partial charge in [0, 0.05) is 24.8 Å². The van der Waals surface area contributed by atoms with Gasteiger partial charge < -0.3 is 16.0 Å². The van der Waals surface area contributed by atoms with E-state index in [1.807, 2.05) is 18.2 Å². The van der Waals surface area contributed by atoms with E-state index in [2.05, 4.69) is 10.6 Å². The lowest BCUT2D eigenvalue weighted by Crippen LogP contribution is -2.31. The summed E-state index contributed by atoms with van der Waals surface area (Å²) < 4.78 is 0. The first kappa shape index (κ1) is 18.3. The molecule has 2 heterocycles. The zero-order valence-electron chi connectivity index (χ0n) is 12.9. The van der Waals surface area contributed by atoms with Crippen molar-refractivity contribution in [1.29, 1.82) is 0 Å². The zero-order chi connectivity index (χ0) is 16.2. The summed E-state index contributed by atoms with van der Waals surface area (Å²) >= 11 is 1.26. The first-order valence-corrected chi connectivity index (χ1v) is 8.21. The van der Waals surface area contributed by atoms with Crippen molar-refractivity contribution >= 4 is 46.4 Å². The Hall–Kier alpha value is -2.09.